The number of benzene rings is 1. The fraction of sp³-hybridized carbons (Fsp3) is 0.346. The van der Waals surface area contributed by atoms with E-state index in [1.807, 2.05) is 26.0 Å². The number of rotatable bonds is 11. The van der Waals surface area contributed by atoms with Crippen molar-refractivity contribution in [1.82, 2.24) is 29.7 Å². The van der Waals surface area contributed by atoms with E-state index in [1.54, 1.807) is 36.7 Å². The van der Waals surface area contributed by atoms with E-state index < -0.39 is 21.4 Å². The molecule has 0 bridgehead atoms. The maximum Gasteiger partial charge on any atom is 0.243 e. The van der Waals surface area contributed by atoms with Crippen LogP contribution in [-0.2, 0) is 21.2 Å². The monoisotopic (exact) mass is 553 g/mol. The van der Waals surface area contributed by atoms with E-state index in [-0.39, 0.29) is 11.8 Å². The molecule has 0 unspecified atom stereocenters. The van der Waals surface area contributed by atoms with Crippen LogP contribution in [-0.4, -0.2) is 64.7 Å². The second-order valence-corrected chi connectivity index (χ2v) is 10.7. The Bertz CT molecular complexity index is 1520. The molecule has 0 amide bonds. The van der Waals surface area contributed by atoms with Crippen LogP contribution in [0.5, 0.6) is 11.5 Å². The van der Waals surface area contributed by atoms with Gasteiger partial charge in [0.1, 0.15) is 34.2 Å². The minimum atomic E-state index is -4.11. The molecule has 12 nitrogen and oxygen atoms in total. The third kappa shape index (κ3) is 5.68. The van der Waals surface area contributed by atoms with Crippen LogP contribution in [0, 0.1) is 6.92 Å². The highest BCUT2D eigenvalue weighted by atomic mass is 32.2. The van der Waals surface area contributed by atoms with E-state index in [0.29, 0.717) is 35.1 Å². The molecule has 2 atom stereocenters. The van der Waals surface area contributed by atoms with Gasteiger partial charge in [-0.05, 0) is 50.1 Å². The number of hydrogen-bond donors (Lipinski definition) is 1. The van der Waals surface area contributed by atoms with Gasteiger partial charge in [0, 0.05) is 25.2 Å². The number of hydrogen-bond acceptors (Lipinski definition) is 10. The molecule has 1 N–H and O–H groups in total. The summed E-state index contributed by atoms with van der Waals surface area (Å²) >= 11 is 0. The minimum Gasteiger partial charge on any atom is -0.494 e. The lowest BCUT2D eigenvalue weighted by atomic mass is 10.2. The molecule has 206 valence electrons. The summed E-state index contributed by atoms with van der Waals surface area (Å²) < 4.78 is 48.2. The average Bonchev–Trinajstić information content (AvgIpc) is 3.35. The summed E-state index contributed by atoms with van der Waals surface area (Å²) in [6.07, 6.45) is 2.98. The number of aryl methyl sites for hydroxylation is 2. The molecule has 4 rings (SSSR count). The molecular formula is C26H31N7O5S. The number of nitrogens with one attached hydrogen (secondary N) is 1. The molecule has 0 radical (unpaired) electrons. The van der Waals surface area contributed by atoms with Crippen molar-refractivity contribution in [2.75, 3.05) is 26.1 Å². The molecule has 4 aromatic rings. The molecule has 0 saturated heterocycles. The maximum absolute atomic E-state index is 13.7. The van der Waals surface area contributed by atoms with Crippen LogP contribution in [0.25, 0.3) is 17.2 Å². The van der Waals surface area contributed by atoms with E-state index in [1.165, 1.54) is 32.8 Å². The Hall–Kier alpha value is -4.10. The highest BCUT2D eigenvalue weighted by molar-refractivity contribution is 7.93. The molecule has 13 heteroatoms. The summed E-state index contributed by atoms with van der Waals surface area (Å²) in [5, 5.41) is 7.44. The van der Waals surface area contributed by atoms with Crippen LogP contribution in [0.4, 0.5) is 5.95 Å². The number of aromatic nitrogens is 6. The van der Waals surface area contributed by atoms with E-state index >= 15 is 0 Å². The second kappa shape index (κ2) is 11.7. The molecule has 3 heterocycles. The Morgan fingerprint density at radius 2 is 1.62 bits per heavy atom. The van der Waals surface area contributed by atoms with Crippen molar-refractivity contribution < 1.29 is 22.6 Å². The van der Waals surface area contributed by atoms with Gasteiger partial charge in [-0.25, -0.2) is 23.4 Å². The van der Waals surface area contributed by atoms with Crippen molar-refractivity contribution in [2.45, 2.75) is 38.5 Å². The van der Waals surface area contributed by atoms with Gasteiger partial charge in [0.05, 0.1) is 14.2 Å². The first kappa shape index (κ1) is 27.9. The molecule has 0 saturated carbocycles. The quantitative estimate of drug-likeness (QED) is 0.293. The number of nitrogens with zero attached hydrogens (tertiary/aromatic N) is 6. The Morgan fingerprint density at radius 3 is 2.21 bits per heavy atom. The lowest BCUT2D eigenvalue weighted by Crippen LogP contribution is -2.33. The molecule has 0 aliphatic carbocycles. The highest BCUT2D eigenvalue weighted by Gasteiger charge is 2.35. The SMILES string of the molecule is CCc1cccc(-c2nnc(NS(=O)(=O)[C@@H](C)[C@H](OC)c3ncc(C)cn3)n2-c2c(OC)cccc2OC)n1. The van der Waals surface area contributed by atoms with Gasteiger partial charge in [-0.15, -0.1) is 10.2 Å². The fourth-order valence-corrected chi connectivity index (χ4v) is 5.15. The summed E-state index contributed by atoms with van der Waals surface area (Å²) in [4.78, 5) is 13.2. The standard InChI is InChI=1S/C26H31N7O5S/c1-7-18-10-8-11-19(29-18)25-30-31-26(33(25)22-20(36-4)12-9-13-21(22)37-5)32-39(34,35)17(3)23(38-6)24-27-14-16(2)15-28-24/h8-15,17,23H,7H2,1-6H3,(H,31,32)/t17-,23-/m0/s1. The molecular weight excluding hydrogens is 522 g/mol. The molecule has 0 spiro atoms. The van der Waals surface area contributed by atoms with Gasteiger partial charge < -0.3 is 14.2 Å². The van der Waals surface area contributed by atoms with Crippen LogP contribution in [0.3, 0.4) is 0 Å². The van der Waals surface area contributed by atoms with Crippen LogP contribution < -0.4 is 14.2 Å². The predicted molar refractivity (Wildman–Crippen MR) is 146 cm³/mol. The Labute approximate surface area is 227 Å². The predicted octanol–water partition coefficient (Wildman–Crippen LogP) is 3.53. The number of anilines is 1. The topological polar surface area (TPSA) is 143 Å². The Morgan fingerprint density at radius 1 is 0.974 bits per heavy atom. The van der Waals surface area contributed by atoms with Crippen molar-refractivity contribution in [3.8, 4) is 28.7 Å². The number of methoxy groups -OCH3 is 3. The molecule has 3 aromatic heterocycles. The summed E-state index contributed by atoms with van der Waals surface area (Å²) in [5.41, 5.74) is 2.58. The molecule has 0 aliphatic heterocycles. The van der Waals surface area contributed by atoms with E-state index in [4.69, 9.17) is 14.2 Å². The van der Waals surface area contributed by atoms with Crippen molar-refractivity contribution in [2.24, 2.45) is 0 Å². The Balaban J connectivity index is 1.85. The normalized spacial score (nSPS) is 13.1. The largest absolute Gasteiger partial charge is 0.494 e. The van der Waals surface area contributed by atoms with Crippen LogP contribution in [0.15, 0.2) is 48.8 Å². The van der Waals surface area contributed by atoms with Crippen molar-refractivity contribution in [3.05, 3.63) is 65.9 Å². The van der Waals surface area contributed by atoms with Gasteiger partial charge in [-0.1, -0.05) is 19.1 Å². The minimum absolute atomic E-state index is 0.0805. The Kier molecular flexibility index (Phi) is 8.41. The summed E-state index contributed by atoms with van der Waals surface area (Å²) in [7, 11) is 0.312. The smallest absolute Gasteiger partial charge is 0.243 e. The van der Waals surface area contributed by atoms with E-state index in [0.717, 1.165) is 11.3 Å². The van der Waals surface area contributed by atoms with Gasteiger partial charge in [0.15, 0.2) is 11.6 Å². The zero-order valence-corrected chi connectivity index (χ0v) is 23.4. The molecule has 0 aliphatic rings. The summed E-state index contributed by atoms with van der Waals surface area (Å²) in [6, 6.07) is 10.8. The maximum atomic E-state index is 13.7. The molecule has 39 heavy (non-hydrogen) atoms. The van der Waals surface area contributed by atoms with Crippen LogP contribution in [0.2, 0.25) is 0 Å². The third-order valence-electron chi connectivity index (χ3n) is 6.15. The van der Waals surface area contributed by atoms with Gasteiger partial charge >= 0.3 is 0 Å². The fourth-order valence-electron chi connectivity index (χ4n) is 4.02. The van der Waals surface area contributed by atoms with Gasteiger partial charge in [-0.2, -0.15) is 0 Å². The van der Waals surface area contributed by atoms with Crippen molar-refractivity contribution >= 4 is 16.0 Å². The zero-order chi connectivity index (χ0) is 28.2. The van der Waals surface area contributed by atoms with Crippen LogP contribution in [0.1, 0.15) is 37.0 Å². The van der Waals surface area contributed by atoms with E-state index in [2.05, 4.69) is 29.9 Å². The zero-order valence-electron chi connectivity index (χ0n) is 22.6. The average molecular weight is 554 g/mol. The first-order chi connectivity index (χ1) is 18.7. The first-order valence-corrected chi connectivity index (χ1v) is 13.7. The van der Waals surface area contributed by atoms with Crippen LogP contribution >= 0.6 is 0 Å². The van der Waals surface area contributed by atoms with E-state index in [9.17, 15) is 8.42 Å². The first-order valence-electron chi connectivity index (χ1n) is 12.2. The lowest BCUT2D eigenvalue weighted by molar-refractivity contribution is 0.0949. The number of ether oxygens (including phenoxy) is 3. The summed E-state index contributed by atoms with van der Waals surface area (Å²) in [5.74, 6) is 1.29. The van der Waals surface area contributed by atoms with Crippen molar-refractivity contribution in [3.63, 3.8) is 0 Å². The molecule has 1 aromatic carbocycles. The molecule has 0 fully saturated rings. The summed E-state index contributed by atoms with van der Waals surface area (Å²) in [6.45, 7) is 5.34. The number of sulfonamides is 1. The van der Waals surface area contributed by atoms with Gasteiger partial charge in [0.25, 0.3) is 0 Å². The van der Waals surface area contributed by atoms with Gasteiger partial charge in [-0.3, -0.25) is 9.29 Å². The van der Waals surface area contributed by atoms with Crippen molar-refractivity contribution in [1.29, 1.82) is 0 Å². The lowest BCUT2D eigenvalue weighted by Gasteiger charge is -2.23. The third-order valence-corrected chi connectivity index (χ3v) is 7.84. The van der Waals surface area contributed by atoms with Gasteiger partial charge in [0.2, 0.25) is 16.0 Å². The second-order valence-electron chi connectivity index (χ2n) is 8.69. The highest BCUT2D eigenvalue weighted by Crippen LogP contribution is 2.38. The number of para-hydroxylation sites is 1. The number of pyridine rings is 1.